The maximum absolute atomic E-state index is 12.0. The van der Waals surface area contributed by atoms with Gasteiger partial charge in [0, 0.05) is 11.8 Å². The molecule has 6 heteroatoms. The number of halogens is 2. The van der Waals surface area contributed by atoms with E-state index in [2.05, 4.69) is 0 Å². The maximum atomic E-state index is 12.0. The van der Waals surface area contributed by atoms with E-state index in [1.54, 1.807) is 19.1 Å². The molecular formula is C13H13F2NO3. The van der Waals surface area contributed by atoms with Crippen LogP contribution in [-0.2, 0) is 14.3 Å². The minimum Gasteiger partial charge on any atom is -0.463 e. The lowest BCUT2D eigenvalue weighted by Gasteiger charge is -2.04. The highest BCUT2D eigenvalue weighted by Crippen LogP contribution is 2.12. The number of alkyl halides is 2. The Morgan fingerprint density at radius 2 is 1.95 bits per heavy atom. The smallest absolute Gasteiger partial charge is 0.330 e. The van der Waals surface area contributed by atoms with Crippen LogP contribution in [0.4, 0.5) is 14.5 Å². The zero-order chi connectivity index (χ0) is 14.3. The van der Waals surface area contributed by atoms with Crippen molar-refractivity contribution in [2.24, 2.45) is 0 Å². The number of carbonyl (C=O) groups excluding carboxylic acids is 2. The summed E-state index contributed by atoms with van der Waals surface area (Å²) in [5.41, 5.74) is 0.946. The average Bonchev–Trinajstić information content (AvgIpc) is 2.38. The molecule has 1 aromatic carbocycles. The normalized spacial score (nSPS) is 10.7. The molecule has 19 heavy (non-hydrogen) atoms. The van der Waals surface area contributed by atoms with Crippen LogP contribution in [0.2, 0.25) is 0 Å². The van der Waals surface area contributed by atoms with Gasteiger partial charge in [-0.15, -0.1) is 0 Å². The van der Waals surface area contributed by atoms with Crippen molar-refractivity contribution in [1.82, 2.24) is 0 Å². The molecule has 0 fully saturated rings. The van der Waals surface area contributed by atoms with Crippen molar-refractivity contribution >= 4 is 23.6 Å². The Hall–Kier alpha value is -2.24. The predicted octanol–water partition coefficient (Wildman–Crippen LogP) is 2.47. The van der Waals surface area contributed by atoms with E-state index in [9.17, 15) is 18.4 Å². The number of hydrogen-bond donors (Lipinski definition) is 1. The Balaban J connectivity index is 2.61. The third-order valence-corrected chi connectivity index (χ3v) is 2.07. The van der Waals surface area contributed by atoms with Crippen molar-refractivity contribution in [3.63, 3.8) is 0 Å². The van der Waals surface area contributed by atoms with Gasteiger partial charge in [-0.3, -0.25) is 4.79 Å². The quantitative estimate of drug-likeness (QED) is 0.660. The summed E-state index contributed by atoms with van der Waals surface area (Å²) in [7, 11) is 0. The predicted molar refractivity (Wildman–Crippen MR) is 66.7 cm³/mol. The van der Waals surface area contributed by atoms with Gasteiger partial charge < -0.3 is 10.1 Å². The molecule has 0 aliphatic heterocycles. The zero-order valence-electron chi connectivity index (χ0n) is 10.2. The molecule has 0 heterocycles. The summed E-state index contributed by atoms with van der Waals surface area (Å²) < 4.78 is 28.7. The fourth-order valence-electron chi connectivity index (χ4n) is 1.23. The summed E-state index contributed by atoms with van der Waals surface area (Å²) >= 11 is 0. The summed E-state index contributed by atoms with van der Waals surface area (Å²) in [6, 6.07) is 6.09. The Kier molecular flexibility index (Phi) is 5.66. The van der Waals surface area contributed by atoms with Crippen LogP contribution in [0.3, 0.4) is 0 Å². The van der Waals surface area contributed by atoms with Crippen molar-refractivity contribution in [1.29, 1.82) is 0 Å². The first-order chi connectivity index (χ1) is 9.02. The monoisotopic (exact) mass is 269 g/mol. The summed E-state index contributed by atoms with van der Waals surface area (Å²) in [6.45, 7) is 1.99. The molecule has 0 bridgehead atoms. The van der Waals surface area contributed by atoms with Gasteiger partial charge in [-0.2, -0.15) is 8.78 Å². The molecule has 0 saturated heterocycles. The van der Waals surface area contributed by atoms with E-state index in [1.807, 2.05) is 5.32 Å². The lowest BCUT2D eigenvalue weighted by atomic mass is 10.2. The standard InChI is InChI=1S/C13H13F2NO3/c1-2-19-11(17)8-5-9-3-6-10(7-4-9)16-13(18)12(14)15/h3-8,12H,2H2,1H3,(H,16,18)/b8-5+. The summed E-state index contributed by atoms with van der Waals surface area (Å²) in [6.07, 6.45) is -0.268. The van der Waals surface area contributed by atoms with Crippen LogP contribution in [0.5, 0.6) is 0 Å². The number of rotatable bonds is 5. The van der Waals surface area contributed by atoms with Gasteiger partial charge in [0.1, 0.15) is 0 Å². The molecule has 1 N–H and O–H groups in total. The van der Waals surface area contributed by atoms with Gasteiger partial charge in [-0.25, -0.2) is 4.79 Å². The van der Waals surface area contributed by atoms with Gasteiger partial charge >= 0.3 is 12.4 Å². The summed E-state index contributed by atoms with van der Waals surface area (Å²) in [5, 5.41) is 2.05. The number of hydrogen-bond acceptors (Lipinski definition) is 3. The topological polar surface area (TPSA) is 55.4 Å². The third-order valence-electron chi connectivity index (χ3n) is 2.07. The molecular weight excluding hydrogens is 256 g/mol. The van der Waals surface area contributed by atoms with Crippen LogP contribution in [0.15, 0.2) is 30.3 Å². The molecule has 102 valence electrons. The van der Waals surface area contributed by atoms with E-state index >= 15 is 0 Å². The molecule has 0 saturated carbocycles. The van der Waals surface area contributed by atoms with Crippen LogP contribution in [-0.4, -0.2) is 24.9 Å². The molecule has 0 radical (unpaired) electrons. The van der Waals surface area contributed by atoms with E-state index in [4.69, 9.17) is 4.74 Å². The van der Waals surface area contributed by atoms with E-state index in [-0.39, 0.29) is 5.69 Å². The second-order valence-electron chi connectivity index (χ2n) is 3.50. The Labute approximate surface area is 109 Å². The molecule has 1 aromatic rings. The van der Waals surface area contributed by atoms with Crippen LogP contribution in [0, 0.1) is 0 Å². The molecule has 4 nitrogen and oxygen atoms in total. The first kappa shape index (κ1) is 14.8. The Morgan fingerprint density at radius 3 is 2.47 bits per heavy atom. The number of amides is 1. The van der Waals surface area contributed by atoms with Crippen molar-refractivity contribution in [3.8, 4) is 0 Å². The molecule has 1 rings (SSSR count). The molecule has 0 aliphatic carbocycles. The second-order valence-corrected chi connectivity index (χ2v) is 3.50. The van der Waals surface area contributed by atoms with Crippen molar-refractivity contribution in [2.75, 3.05) is 11.9 Å². The highest BCUT2D eigenvalue weighted by molar-refractivity contribution is 5.93. The fourth-order valence-corrected chi connectivity index (χ4v) is 1.23. The minimum absolute atomic E-state index is 0.263. The summed E-state index contributed by atoms with van der Waals surface area (Å²) in [4.78, 5) is 21.8. The molecule has 0 unspecified atom stereocenters. The molecule has 0 atom stereocenters. The van der Waals surface area contributed by atoms with E-state index in [1.165, 1.54) is 24.3 Å². The van der Waals surface area contributed by atoms with Gasteiger partial charge in [-0.1, -0.05) is 12.1 Å². The maximum Gasteiger partial charge on any atom is 0.330 e. The zero-order valence-corrected chi connectivity index (χ0v) is 10.2. The number of benzene rings is 1. The van der Waals surface area contributed by atoms with Crippen LogP contribution >= 0.6 is 0 Å². The lowest BCUT2D eigenvalue weighted by Crippen LogP contribution is -2.19. The van der Waals surface area contributed by atoms with E-state index < -0.39 is 18.3 Å². The van der Waals surface area contributed by atoms with E-state index in [0.717, 1.165) is 0 Å². The van der Waals surface area contributed by atoms with Gasteiger partial charge in [0.05, 0.1) is 6.61 Å². The SMILES string of the molecule is CCOC(=O)/C=C/c1ccc(NC(=O)C(F)F)cc1. The van der Waals surface area contributed by atoms with Crippen LogP contribution in [0.25, 0.3) is 6.08 Å². The number of ether oxygens (including phenoxy) is 1. The third kappa shape index (κ3) is 5.29. The van der Waals surface area contributed by atoms with Gasteiger partial charge in [0.2, 0.25) is 0 Å². The Morgan fingerprint density at radius 1 is 1.32 bits per heavy atom. The number of anilines is 1. The van der Waals surface area contributed by atoms with Crippen LogP contribution in [0.1, 0.15) is 12.5 Å². The lowest BCUT2D eigenvalue weighted by molar-refractivity contribution is -0.137. The van der Waals surface area contributed by atoms with Crippen molar-refractivity contribution < 1.29 is 23.1 Å². The van der Waals surface area contributed by atoms with Crippen molar-refractivity contribution in [3.05, 3.63) is 35.9 Å². The van der Waals surface area contributed by atoms with Crippen molar-refractivity contribution in [2.45, 2.75) is 13.3 Å². The molecule has 1 amide bonds. The van der Waals surface area contributed by atoms with Gasteiger partial charge in [0.15, 0.2) is 0 Å². The number of nitrogens with one attached hydrogen (secondary N) is 1. The van der Waals surface area contributed by atoms with Crippen LogP contribution < -0.4 is 5.32 Å². The fraction of sp³-hybridized carbons (Fsp3) is 0.231. The van der Waals surface area contributed by atoms with Gasteiger partial charge in [0.25, 0.3) is 5.91 Å². The Bertz CT molecular complexity index is 469. The average molecular weight is 269 g/mol. The second kappa shape index (κ2) is 7.25. The highest BCUT2D eigenvalue weighted by atomic mass is 19.3. The summed E-state index contributed by atoms with van der Waals surface area (Å²) in [5.74, 6) is -1.81. The largest absolute Gasteiger partial charge is 0.463 e. The molecule has 0 spiro atoms. The minimum atomic E-state index is -3.05. The number of carbonyl (C=O) groups is 2. The van der Waals surface area contributed by atoms with E-state index in [0.29, 0.717) is 12.2 Å². The first-order valence-corrected chi connectivity index (χ1v) is 5.57. The molecule has 0 aromatic heterocycles. The first-order valence-electron chi connectivity index (χ1n) is 5.57. The number of esters is 1. The molecule has 0 aliphatic rings. The highest BCUT2D eigenvalue weighted by Gasteiger charge is 2.14. The van der Waals surface area contributed by atoms with Gasteiger partial charge in [-0.05, 0) is 30.7 Å².